The van der Waals surface area contributed by atoms with Gasteiger partial charge in [-0.2, -0.15) is 0 Å². The highest BCUT2D eigenvalue weighted by molar-refractivity contribution is 5.89. The van der Waals surface area contributed by atoms with Crippen molar-refractivity contribution in [3.63, 3.8) is 0 Å². The Hall–Kier alpha value is -2.04. The molecular weight excluding hydrogens is 308 g/mol. The van der Waals surface area contributed by atoms with E-state index in [-0.39, 0.29) is 25.3 Å². The second-order valence-corrected chi connectivity index (χ2v) is 5.56. The summed E-state index contributed by atoms with van der Waals surface area (Å²) in [5, 5.41) is 0. The van der Waals surface area contributed by atoms with E-state index in [0.29, 0.717) is 18.4 Å². The van der Waals surface area contributed by atoms with E-state index in [1.54, 1.807) is 19.1 Å². The van der Waals surface area contributed by atoms with Gasteiger partial charge in [-0.15, -0.1) is 0 Å². The molecule has 1 unspecified atom stereocenters. The quantitative estimate of drug-likeness (QED) is 0.588. The van der Waals surface area contributed by atoms with Gasteiger partial charge in [0.15, 0.2) is 0 Å². The lowest BCUT2D eigenvalue weighted by molar-refractivity contribution is 0.0110. The summed E-state index contributed by atoms with van der Waals surface area (Å²) in [6.45, 7) is 6.26. The predicted molar refractivity (Wildman–Crippen MR) is 92.1 cm³/mol. The van der Waals surface area contributed by atoms with Gasteiger partial charge in [0, 0.05) is 6.42 Å². The van der Waals surface area contributed by atoms with Crippen molar-refractivity contribution in [1.82, 2.24) is 0 Å². The van der Waals surface area contributed by atoms with Gasteiger partial charge in [0.25, 0.3) is 0 Å². The standard InChI is InChI=1S/C19H28O5/c1-4-7-8-15-9-11-16(12-10-15)18(20)23-14-13-17(5-2)24-19(21)22-6-3/h9-12,17H,4-8,13-14H2,1-3H3. The van der Waals surface area contributed by atoms with E-state index in [9.17, 15) is 9.59 Å². The van der Waals surface area contributed by atoms with Gasteiger partial charge in [-0.05, 0) is 43.9 Å². The number of unbranched alkanes of at least 4 members (excludes halogenated alkanes) is 1. The van der Waals surface area contributed by atoms with Crippen molar-refractivity contribution in [2.24, 2.45) is 0 Å². The number of aryl methyl sites for hydroxylation is 1. The molecule has 0 spiro atoms. The summed E-state index contributed by atoms with van der Waals surface area (Å²) in [4.78, 5) is 23.3. The summed E-state index contributed by atoms with van der Waals surface area (Å²) >= 11 is 0. The van der Waals surface area contributed by atoms with Crippen molar-refractivity contribution >= 4 is 12.1 Å². The highest BCUT2D eigenvalue weighted by Crippen LogP contribution is 2.10. The highest BCUT2D eigenvalue weighted by Gasteiger charge is 2.15. The molecule has 5 heteroatoms. The van der Waals surface area contributed by atoms with Crippen LogP contribution in [0.1, 0.15) is 62.4 Å². The first-order chi connectivity index (χ1) is 11.6. The number of benzene rings is 1. The minimum Gasteiger partial charge on any atom is -0.462 e. The van der Waals surface area contributed by atoms with Gasteiger partial charge in [-0.3, -0.25) is 0 Å². The molecule has 24 heavy (non-hydrogen) atoms. The molecule has 1 aromatic rings. The first kappa shape index (κ1) is 20.0. The molecule has 0 radical (unpaired) electrons. The summed E-state index contributed by atoms with van der Waals surface area (Å²) in [5.74, 6) is -0.358. The van der Waals surface area contributed by atoms with Crippen LogP contribution in [0.4, 0.5) is 4.79 Å². The Morgan fingerprint density at radius 2 is 1.75 bits per heavy atom. The third kappa shape index (κ3) is 7.49. The Bertz CT molecular complexity index is 495. The van der Waals surface area contributed by atoms with Gasteiger partial charge in [0.2, 0.25) is 0 Å². The lowest BCUT2D eigenvalue weighted by Gasteiger charge is -2.15. The van der Waals surface area contributed by atoms with Crippen LogP contribution in [0, 0.1) is 0 Å². The lowest BCUT2D eigenvalue weighted by Crippen LogP contribution is -2.21. The van der Waals surface area contributed by atoms with Crippen molar-refractivity contribution in [3.8, 4) is 0 Å². The smallest absolute Gasteiger partial charge is 0.462 e. The van der Waals surface area contributed by atoms with Crippen molar-refractivity contribution in [2.75, 3.05) is 13.2 Å². The maximum absolute atomic E-state index is 12.0. The minimum atomic E-state index is -0.682. The minimum absolute atomic E-state index is 0.203. The molecule has 0 saturated heterocycles. The van der Waals surface area contributed by atoms with Crippen LogP contribution in [0.25, 0.3) is 0 Å². The van der Waals surface area contributed by atoms with E-state index >= 15 is 0 Å². The number of rotatable bonds is 10. The number of ether oxygens (including phenoxy) is 3. The van der Waals surface area contributed by atoms with Gasteiger partial charge >= 0.3 is 12.1 Å². The third-order valence-electron chi connectivity index (χ3n) is 3.66. The van der Waals surface area contributed by atoms with Crippen molar-refractivity contribution < 1.29 is 23.8 Å². The highest BCUT2D eigenvalue weighted by atomic mass is 16.7. The molecule has 1 atom stereocenters. The average Bonchev–Trinajstić information content (AvgIpc) is 2.59. The summed E-state index contributed by atoms with van der Waals surface area (Å²) < 4.78 is 15.1. The predicted octanol–water partition coefficient (Wildman–Crippen LogP) is 4.53. The molecule has 0 aliphatic rings. The molecule has 134 valence electrons. The fraction of sp³-hybridized carbons (Fsp3) is 0.579. The first-order valence-corrected chi connectivity index (χ1v) is 8.70. The molecule has 0 aliphatic heterocycles. The molecule has 0 amide bonds. The maximum Gasteiger partial charge on any atom is 0.508 e. The largest absolute Gasteiger partial charge is 0.508 e. The topological polar surface area (TPSA) is 61.8 Å². The zero-order valence-electron chi connectivity index (χ0n) is 14.9. The van der Waals surface area contributed by atoms with Crippen LogP contribution in [0.3, 0.4) is 0 Å². The third-order valence-corrected chi connectivity index (χ3v) is 3.66. The second-order valence-electron chi connectivity index (χ2n) is 5.56. The van der Waals surface area contributed by atoms with E-state index in [4.69, 9.17) is 14.2 Å². The molecule has 0 aliphatic carbocycles. The number of carbonyl (C=O) groups excluding carboxylic acids is 2. The molecule has 1 rings (SSSR count). The van der Waals surface area contributed by atoms with Gasteiger partial charge < -0.3 is 14.2 Å². The Morgan fingerprint density at radius 3 is 2.33 bits per heavy atom. The van der Waals surface area contributed by atoms with E-state index in [2.05, 4.69) is 6.92 Å². The SMILES string of the molecule is CCCCc1ccc(C(=O)OCCC(CC)OC(=O)OCC)cc1. The lowest BCUT2D eigenvalue weighted by atomic mass is 10.1. The summed E-state index contributed by atoms with van der Waals surface area (Å²) in [6, 6.07) is 7.51. The van der Waals surface area contributed by atoms with Crippen LogP contribution in [0.15, 0.2) is 24.3 Å². The Balaban J connectivity index is 2.37. The molecule has 0 saturated carbocycles. The number of hydrogen-bond donors (Lipinski definition) is 0. The van der Waals surface area contributed by atoms with E-state index in [1.807, 2.05) is 19.1 Å². The zero-order valence-corrected chi connectivity index (χ0v) is 14.9. The maximum atomic E-state index is 12.0. The summed E-state index contributed by atoms with van der Waals surface area (Å²) in [6.07, 6.45) is 3.42. The molecule has 0 N–H and O–H groups in total. The van der Waals surface area contributed by atoms with Gasteiger partial charge in [0.05, 0.1) is 18.8 Å². The van der Waals surface area contributed by atoms with Crippen LogP contribution < -0.4 is 0 Å². The van der Waals surface area contributed by atoms with Crippen LogP contribution in [-0.4, -0.2) is 31.4 Å². The molecule has 0 bridgehead atoms. The summed E-state index contributed by atoms with van der Waals surface area (Å²) in [5.41, 5.74) is 1.76. The first-order valence-electron chi connectivity index (χ1n) is 8.70. The monoisotopic (exact) mass is 336 g/mol. The average molecular weight is 336 g/mol. The molecule has 0 heterocycles. The van der Waals surface area contributed by atoms with E-state index in [0.717, 1.165) is 19.3 Å². The number of carbonyl (C=O) groups is 2. The van der Waals surface area contributed by atoms with Crippen LogP contribution in [-0.2, 0) is 20.6 Å². The van der Waals surface area contributed by atoms with Gasteiger partial charge in [-0.1, -0.05) is 32.4 Å². The number of esters is 1. The fourth-order valence-electron chi connectivity index (χ4n) is 2.19. The van der Waals surface area contributed by atoms with Crippen LogP contribution in [0.2, 0.25) is 0 Å². The number of hydrogen-bond acceptors (Lipinski definition) is 5. The van der Waals surface area contributed by atoms with Crippen LogP contribution >= 0.6 is 0 Å². The molecule has 0 aromatic heterocycles. The molecule has 0 fully saturated rings. The van der Waals surface area contributed by atoms with Crippen molar-refractivity contribution in [3.05, 3.63) is 35.4 Å². The van der Waals surface area contributed by atoms with Crippen molar-refractivity contribution in [2.45, 2.75) is 59.0 Å². The van der Waals surface area contributed by atoms with E-state index < -0.39 is 6.16 Å². The van der Waals surface area contributed by atoms with Gasteiger partial charge in [-0.25, -0.2) is 9.59 Å². The molecule has 1 aromatic carbocycles. The Morgan fingerprint density at radius 1 is 1.04 bits per heavy atom. The van der Waals surface area contributed by atoms with Crippen molar-refractivity contribution in [1.29, 1.82) is 0 Å². The van der Waals surface area contributed by atoms with Gasteiger partial charge in [0.1, 0.15) is 6.10 Å². The second kappa shape index (κ2) is 11.5. The van der Waals surface area contributed by atoms with Crippen LogP contribution in [0.5, 0.6) is 0 Å². The Labute approximate surface area is 144 Å². The Kier molecular flexibility index (Phi) is 9.58. The zero-order chi connectivity index (χ0) is 17.8. The summed E-state index contributed by atoms with van der Waals surface area (Å²) in [7, 11) is 0. The fourth-order valence-corrected chi connectivity index (χ4v) is 2.19. The molecule has 5 nitrogen and oxygen atoms in total. The normalized spacial score (nSPS) is 11.6. The molecular formula is C19H28O5. The van der Waals surface area contributed by atoms with E-state index in [1.165, 1.54) is 5.56 Å².